The Hall–Kier alpha value is -4.35. The number of benzene rings is 5. The third kappa shape index (κ3) is 4.43. The van der Waals surface area contributed by atoms with E-state index < -0.39 is 0 Å². The summed E-state index contributed by atoms with van der Waals surface area (Å²) in [5, 5.41) is 5.01. The Morgan fingerprint density at radius 3 is 1.91 bits per heavy atom. The lowest BCUT2D eigenvalue weighted by atomic mass is 10.1. The predicted molar refractivity (Wildman–Crippen MR) is 208 cm³/mol. The van der Waals surface area contributed by atoms with Gasteiger partial charge in [-0.15, -0.1) is 0 Å². The third-order valence-corrected chi connectivity index (χ3v) is 10.7. The Bertz CT molecular complexity index is 2390. The van der Waals surface area contributed by atoms with Crippen LogP contribution in [0.25, 0.3) is 49.3 Å². The van der Waals surface area contributed by atoms with Gasteiger partial charge in [-0.25, -0.2) is 4.99 Å². The van der Waals surface area contributed by atoms with Crippen LogP contribution in [0.15, 0.2) is 162 Å². The van der Waals surface area contributed by atoms with E-state index in [2.05, 4.69) is 207 Å². The van der Waals surface area contributed by atoms with Gasteiger partial charge in [-0.05, 0) is 54.1 Å². The van der Waals surface area contributed by atoms with E-state index in [-0.39, 0.29) is 6.17 Å². The van der Waals surface area contributed by atoms with Crippen molar-refractivity contribution >= 4 is 95.2 Å². The fourth-order valence-corrected chi connectivity index (χ4v) is 8.08. The van der Waals surface area contributed by atoms with Crippen molar-refractivity contribution in [3.8, 4) is 5.69 Å². The molecule has 0 aliphatic carbocycles. The summed E-state index contributed by atoms with van der Waals surface area (Å²) >= 11 is 4.79. The van der Waals surface area contributed by atoms with Crippen LogP contribution in [0.2, 0.25) is 0 Å². The van der Waals surface area contributed by atoms with E-state index in [9.17, 15) is 0 Å². The van der Waals surface area contributed by atoms with Gasteiger partial charge in [-0.1, -0.05) is 91.0 Å². The second-order valence-electron chi connectivity index (χ2n) is 11.6. The Morgan fingerprint density at radius 2 is 1.24 bits per heavy atom. The molecular weight excluding hydrogens is 792 g/mol. The number of fused-ring (bicyclic) bond motifs is 6. The molecule has 0 fully saturated rings. The standard InChI is InChI=1S/C39H27I2N5/c40-43-22-20-26(21-23-43)33-25-38(46(41)39(42-33)27-10-2-1-3-11-27)45-36-17-9-6-14-31(36)32-24-28(18-19-37(32)45)44-34-15-7-4-12-29(34)30-13-5-8-16-35(30)44/h1-22,24-25,38H,23H2. The van der Waals surface area contributed by atoms with Gasteiger partial charge in [-0.3, -0.25) is 3.11 Å². The van der Waals surface area contributed by atoms with Crippen LogP contribution in [-0.4, -0.2) is 27.7 Å². The summed E-state index contributed by atoms with van der Waals surface area (Å²) in [7, 11) is 0. The van der Waals surface area contributed by atoms with Crippen LogP contribution in [-0.2, 0) is 0 Å². The number of amidine groups is 1. The molecule has 0 bridgehead atoms. The van der Waals surface area contributed by atoms with Crippen LogP contribution in [0.4, 0.5) is 0 Å². The molecule has 0 amide bonds. The zero-order valence-corrected chi connectivity index (χ0v) is 28.9. The minimum absolute atomic E-state index is 0.100. The van der Waals surface area contributed by atoms with Crippen molar-refractivity contribution in [2.75, 3.05) is 6.54 Å². The predicted octanol–water partition coefficient (Wildman–Crippen LogP) is 10.5. The average molecular weight is 819 g/mol. The number of hydrogen-bond acceptors (Lipinski definition) is 3. The quantitative estimate of drug-likeness (QED) is 0.131. The van der Waals surface area contributed by atoms with Gasteiger partial charge in [-0.2, -0.15) is 0 Å². The third-order valence-electron chi connectivity index (χ3n) is 8.99. The summed E-state index contributed by atoms with van der Waals surface area (Å²) in [5.41, 5.74) is 9.20. The van der Waals surface area contributed by atoms with Crippen LogP contribution in [0.1, 0.15) is 11.7 Å². The van der Waals surface area contributed by atoms with Gasteiger partial charge < -0.3 is 12.2 Å². The largest absolute Gasteiger partial charge is 0.318 e. The zero-order chi connectivity index (χ0) is 30.8. The van der Waals surface area contributed by atoms with Gasteiger partial charge in [0.1, 0.15) is 12.0 Å². The van der Waals surface area contributed by atoms with E-state index in [4.69, 9.17) is 4.99 Å². The molecule has 1 atom stereocenters. The molecule has 46 heavy (non-hydrogen) atoms. The van der Waals surface area contributed by atoms with Crippen molar-refractivity contribution in [1.29, 1.82) is 0 Å². The molecule has 0 saturated carbocycles. The molecule has 0 saturated heterocycles. The number of rotatable bonds is 4. The molecule has 0 radical (unpaired) electrons. The lowest BCUT2D eigenvalue weighted by Crippen LogP contribution is -2.32. The lowest BCUT2D eigenvalue weighted by molar-refractivity contribution is 0.479. The maximum Gasteiger partial charge on any atom is 0.147 e. The Balaban J connectivity index is 1.27. The zero-order valence-electron chi connectivity index (χ0n) is 24.6. The van der Waals surface area contributed by atoms with E-state index in [0.29, 0.717) is 0 Å². The normalized spacial score (nSPS) is 16.8. The molecule has 4 heterocycles. The molecule has 5 aromatic carbocycles. The molecular formula is C39H27I2N5. The summed E-state index contributed by atoms with van der Waals surface area (Å²) in [6.45, 7) is 0.847. The van der Waals surface area contributed by atoms with Crippen molar-refractivity contribution in [3.63, 3.8) is 0 Å². The summed E-state index contributed by atoms with van der Waals surface area (Å²) in [6.07, 6.45) is 8.75. The number of aromatic nitrogens is 2. The molecule has 0 spiro atoms. The maximum atomic E-state index is 5.25. The fourth-order valence-electron chi connectivity index (χ4n) is 6.92. The van der Waals surface area contributed by atoms with Gasteiger partial charge in [0.25, 0.3) is 0 Å². The highest BCUT2D eigenvalue weighted by Gasteiger charge is 2.30. The van der Waals surface area contributed by atoms with E-state index >= 15 is 0 Å². The van der Waals surface area contributed by atoms with Crippen LogP contribution in [0.3, 0.4) is 0 Å². The fraction of sp³-hybridized carbons (Fsp3) is 0.0513. The Kier molecular flexibility index (Phi) is 6.78. The van der Waals surface area contributed by atoms with Gasteiger partial charge in [0.15, 0.2) is 0 Å². The molecule has 2 aliphatic rings. The first-order valence-electron chi connectivity index (χ1n) is 15.3. The molecule has 2 aliphatic heterocycles. The number of hydrogen-bond donors (Lipinski definition) is 0. The highest BCUT2D eigenvalue weighted by Crippen LogP contribution is 2.41. The Morgan fingerprint density at radius 1 is 0.630 bits per heavy atom. The summed E-state index contributed by atoms with van der Waals surface area (Å²) < 4.78 is 9.30. The molecule has 7 aromatic rings. The molecule has 1 unspecified atom stereocenters. The first-order valence-corrected chi connectivity index (χ1v) is 17.2. The number of aliphatic imine (C=N–C) groups is 1. The molecule has 5 nitrogen and oxygen atoms in total. The summed E-state index contributed by atoms with van der Waals surface area (Å²) in [6, 6.07) is 43.6. The Labute approximate surface area is 294 Å². The molecule has 222 valence electrons. The van der Waals surface area contributed by atoms with Crippen LogP contribution in [0.5, 0.6) is 0 Å². The second-order valence-corrected chi connectivity index (χ2v) is 13.9. The summed E-state index contributed by atoms with van der Waals surface area (Å²) in [4.78, 5) is 5.25. The first kappa shape index (κ1) is 27.9. The number of allylic oxidation sites excluding steroid dienone is 1. The molecule has 9 rings (SSSR count). The van der Waals surface area contributed by atoms with Crippen molar-refractivity contribution in [2.24, 2.45) is 4.99 Å². The van der Waals surface area contributed by atoms with E-state index in [1.807, 2.05) is 0 Å². The average Bonchev–Trinajstić information content (AvgIpc) is 3.62. The van der Waals surface area contributed by atoms with Crippen LogP contribution < -0.4 is 0 Å². The van der Waals surface area contributed by atoms with E-state index in [1.165, 1.54) is 43.6 Å². The van der Waals surface area contributed by atoms with Crippen molar-refractivity contribution in [1.82, 2.24) is 15.4 Å². The smallest absolute Gasteiger partial charge is 0.147 e. The molecule has 2 aromatic heterocycles. The van der Waals surface area contributed by atoms with Gasteiger partial charge in [0.05, 0.1) is 73.5 Å². The highest BCUT2D eigenvalue weighted by atomic mass is 127. The minimum Gasteiger partial charge on any atom is -0.318 e. The molecule has 7 heteroatoms. The van der Waals surface area contributed by atoms with Gasteiger partial charge >= 0.3 is 0 Å². The van der Waals surface area contributed by atoms with E-state index in [1.54, 1.807) is 0 Å². The number of nitrogens with zero attached hydrogens (tertiary/aromatic N) is 5. The van der Waals surface area contributed by atoms with Gasteiger partial charge in [0, 0.05) is 45.5 Å². The van der Waals surface area contributed by atoms with Crippen molar-refractivity contribution in [3.05, 3.63) is 163 Å². The first-order chi connectivity index (χ1) is 22.7. The van der Waals surface area contributed by atoms with Gasteiger partial charge in [0.2, 0.25) is 0 Å². The number of halogens is 2. The van der Waals surface area contributed by atoms with Crippen LogP contribution >= 0.6 is 45.7 Å². The topological polar surface area (TPSA) is 28.7 Å². The monoisotopic (exact) mass is 819 g/mol. The second kappa shape index (κ2) is 11.2. The van der Waals surface area contributed by atoms with Crippen molar-refractivity contribution in [2.45, 2.75) is 6.17 Å². The van der Waals surface area contributed by atoms with E-state index in [0.717, 1.165) is 34.9 Å². The SMILES string of the molecule is IN1C=CC(C2=CC(n3c4ccccc4c4cc(-n5c6ccccc6c6ccccc65)ccc43)N(I)C(c3ccccc3)=N2)=CC1. The highest BCUT2D eigenvalue weighted by molar-refractivity contribution is 14.1. The van der Waals surface area contributed by atoms with Crippen molar-refractivity contribution < 1.29 is 0 Å². The minimum atomic E-state index is -0.100. The maximum absolute atomic E-state index is 5.25. The summed E-state index contributed by atoms with van der Waals surface area (Å²) in [5.74, 6) is 0.947. The molecule has 0 N–H and O–H groups in total. The lowest BCUT2D eigenvalue weighted by Gasteiger charge is -2.33. The van der Waals surface area contributed by atoms with Crippen LogP contribution in [0, 0.1) is 0 Å². The number of para-hydroxylation sites is 3.